The van der Waals surface area contributed by atoms with Gasteiger partial charge in [-0.1, -0.05) is 105 Å². The van der Waals surface area contributed by atoms with Crippen LogP contribution in [0, 0.1) is 0 Å². The highest BCUT2D eigenvalue weighted by Crippen LogP contribution is 2.51. The summed E-state index contributed by atoms with van der Waals surface area (Å²) < 4.78 is 8.68. The van der Waals surface area contributed by atoms with E-state index in [2.05, 4.69) is 85.1 Å². The van der Waals surface area contributed by atoms with Crippen LogP contribution < -0.4 is 0 Å². The first-order chi connectivity index (χ1) is 20.1. The van der Waals surface area contributed by atoms with Crippen molar-refractivity contribution in [3.05, 3.63) is 126 Å². The molecule has 9 rings (SSSR count). The Morgan fingerprint density at radius 1 is 0.610 bits per heavy atom. The molecule has 0 saturated heterocycles. The van der Waals surface area contributed by atoms with Crippen LogP contribution in [0.5, 0.6) is 0 Å². The Morgan fingerprint density at radius 3 is 2.22 bits per heavy atom. The Bertz CT molecular complexity index is 2340. The van der Waals surface area contributed by atoms with Crippen LogP contribution in [0.2, 0.25) is 0 Å². The molecule has 0 saturated carbocycles. The van der Waals surface area contributed by atoms with E-state index in [4.69, 9.17) is 14.4 Å². The molecule has 3 heterocycles. The predicted molar refractivity (Wildman–Crippen MR) is 167 cm³/mol. The number of nitrogens with zero attached hydrogens (tertiary/aromatic N) is 3. The topological polar surface area (TPSA) is 43.9 Å². The molecule has 0 amide bonds. The molecule has 41 heavy (non-hydrogen) atoms. The van der Waals surface area contributed by atoms with Gasteiger partial charge in [-0.15, -0.1) is 0 Å². The molecule has 0 aliphatic heterocycles. The predicted octanol–water partition coefficient (Wildman–Crippen LogP) is 9.45. The summed E-state index contributed by atoms with van der Waals surface area (Å²) in [4.78, 5) is 10.2. The molecule has 0 radical (unpaired) electrons. The number of furan rings is 1. The molecule has 0 atom stereocenters. The van der Waals surface area contributed by atoms with E-state index in [1.807, 2.05) is 48.5 Å². The van der Waals surface area contributed by atoms with E-state index in [-0.39, 0.29) is 5.41 Å². The number of fused-ring (bicyclic) bond motifs is 9. The number of aromatic nitrogens is 3. The van der Waals surface area contributed by atoms with Crippen molar-refractivity contribution in [2.24, 2.45) is 0 Å². The lowest BCUT2D eigenvalue weighted by atomic mass is 9.82. The van der Waals surface area contributed by atoms with Gasteiger partial charge in [0.1, 0.15) is 5.58 Å². The highest BCUT2D eigenvalue weighted by molar-refractivity contribution is 6.14. The van der Waals surface area contributed by atoms with E-state index in [1.165, 1.54) is 33.0 Å². The highest BCUT2D eigenvalue weighted by atomic mass is 16.3. The van der Waals surface area contributed by atoms with Gasteiger partial charge in [-0.05, 0) is 46.5 Å². The molecule has 0 spiro atoms. The van der Waals surface area contributed by atoms with Crippen molar-refractivity contribution in [2.45, 2.75) is 19.3 Å². The fourth-order valence-electron chi connectivity index (χ4n) is 6.87. The van der Waals surface area contributed by atoms with Crippen molar-refractivity contribution in [3.8, 4) is 28.3 Å². The maximum Gasteiger partial charge on any atom is 0.233 e. The van der Waals surface area contributed by atoms with Crippen molar-refractivity contribution in [2.75, 3.05) is 0 Å². The second-order valence-corrected chi connectivity index (χ2v) is 11.5. The Labute approximate surface area is 236 Å². The average Bonchev–Trinajstić information content (AvgIpc) is 3.62. The highest BCUT2D eigenvalue weighted by Gasteiger charge is 2.36. The van der Waals surface area contributed by atoms with E-state index in [0.717, 1.165) is 38.8 Å². The Morgan fingerprint density at radius 2 is 1.34 bits per heavy atom. The van der Waals surface area contributed by atoms with Crippen LogP contribution in [0.3, 0.4) is 0 Å². The maximum absolute atomic E-state index is 6.36. The molecular weight excluding hydrogens is 502 g/mol. The normalized spacial score (nSPS) is 13.8. The molecule has 1 aliphatic rings. The zero-order valence-electron chi connectivity index (χ0n) is 22.7. The van der Waals surface area contributed by atoms with Crippen LogP contribution in [0.15, 0.2) is 120 Å². The lowest BCUT2D eigenvalue weighted by Crippen LogP contribution is -2.14. The smallest absolute Gasteiger partial charge is 0.233 e. The molecule has 0 unspecified atom stereocenters. The zero-order chi connectivity index (χ0) is 27.3. The molecule has 194 valence electrons. The third kappa shape index (κ3) is 2.99. The zero-order valence-corrected chi connectivity index (χ0v) is 22.7. The van der Waals surface area contributed by atoms with Crippen LogP contribution >= 0.6 is 0 Å². The quantitative estimate of drug-likeness (QED) is 0.225. The summed E-state index contributed by atoms with van der Waals surface area (Å²) in [5.74, 6) is 1.47. The minimum absolute atomic E-state index is 0.0766. The minimum atomic E-state index is -0.0766. The van der Waals surface area contributed by atoms with Gasteiger partial charge in [0.25, 0.3) is 0 Å². The second kappa shape index (κ2) is 7.92. The monoisotopic (exact) mass is 527 g/mol. The molecule has 0 bridgehead atoms. The van der Waals surface area contributed by atoms with Gasteiger partial charge in [0.05, 0.1) is 16.4 Å². The van der Waals surface area contributed by atoms with Crippen molar-refractivity contribution in [3.63, 3.8) is 0 Å². The van der Waals surface area contributed by atoms with Gasteiger partial charge in [-0.3, -0.25) is 4.57 Å². The molecule has 0 fully saturated rings. The van der Waals surface area contributed by atoms with Gasteiger partial charge in [-0.2, -0.15) is 4.98 Å². The largest absolute Gasteiger partial charge is 0.437 e. The van der Waals surface area contributed by atoms with Crippen molar-refractivity contribution in [1.82, 2.24) is 14.5 Å². The van der Waals surface area contributed by atoms with Gasteiger partial charge in [-0.25, -0.2) is 4.98 Å². The van der Waals surface area contributed by atoms with Crippen molar-refractivity contribution < 1.29 is 4.42 Å². The molecular formula is C37H25N3O. The molecule has 8 aromatic rings. The molecule has 4 nitrogen and oxygen atoms in total. The van der Waals surface area contributed by atoms with Crippen LogP contribution in [-0.2, 0) is 5.41 Å². The van der Waals surface area contributed by atoms with Crippen LogP contribution in [0.4, 0.5) is 0 Å². The Kier molecular flexibility index (Phi) is 4.36. The first-order valence-corrected chi connectivity index (χ1v) is 14.0. The summed E-state index contributed by atoms with van der Waals surface area (Å²) in [6.07, 6.45) is 0. The van der Waals surface area contributed by atoms with E-state index >= 15 is 0 Å². The fourth-order valence-corrected chi connectivity index (χ4v) is 6.87. The number of hydrogen-bond acceptors (Lipinski definition) is 3. The number of rotatable bonds is 2. The van der Waals surface area contributed by atoms with Gasteiger partial charge in [0, 0.05) is 27.1 Å². The van der Waals surface area contributed by atoms with E-state index in [1.54, 1.807) is 0 Å². The van der Waals surface area contributed by atoms with Crippen LogP contribution in [0.25, 0.3) is 72.2 Å². The second-order valence-electron chi connectivity index (χ2n) is 11.5. The summed E-state index contributed by atoms with van der Waals surface area (Å²) in [5.41, 5.74) is 9.83. The molecule has 5 aromatic carbocycles. The molecule has 0 N–H and O–H groups in total. The molecule has 3 aromatic heterocycles. The Balaban J connectivity index is 1.46. The number of hydrogen-bond donors (Lipinski definition) is 0. The van der Waals surface area contributed by atoms with Gasteiger partial charge < -0.3 is 4.42 Å². The standard InChI is InChI=1S/C37H25N3O/c1-37(2)28-17-9-6-14-23(28)26-21-31-27(20-29(26)37)24-15-7-10-18-30(24)40(31)35-33-25-16-8-11-19-32(25)41-36(33)39-34(38-35)22-12-4-3-5-13-22/h3-21H,1-2H3. The first-order valence-electron chi connectivity index (χ1n) is 14.0. The lowest BCUT2D eigenvalue weighted by Gasteiger charge is -2.21. The Hall–Kier alpha value is -5.22. The third-order valence-corrected chi connectivity index (χ3v) is 8.84. The number of para-hydroxylation sites is 2. The van der Waals surface area contributed by atoms with Crippen molar-refractivity contribution >= 4 is 43.9 Å². The maximum atomic E-state index is 6.36. The van der Waals surface area contributed by atoms with Gasteiger partial charge in [0.2, 0.25) is 5.71 Å². The summed E-state index contributed by atoms with van der Waals surface area (Å²) in [6, 6.07) is 40.5. The van der Waals surface area contributed by atoms with E-state index in [9.17, 15) is 0 Å². The summed E-state index contributed by atoms with van der Waals surface area (Å²) in [6.45, 7) is 4.67. The van der Waals surface area contributed by atoms with Crippen LogP contribution in [-0.4, -0.2) is 14.5 Å². The first kappa shape index (κ1) is 22.6. The van der Waals surface area contributed by atoms with Gasteiger partial charge in [0.15, 0.2) is 11.6 Å². The SMILES string of the molecule is CC1(C)c2ccccc2-c2cc3c(cc21)c1ccccc1n3-c1nc(-c2ccccc2)nc2oc3ccccc3c12. The summed E-state index contributed by atoms with van der Waals surface area (Å²) in [5, 5.41) is 4.36. The van der Waals surface area contributed by atoms with Crippen molar-refractivity contribution in [1.29, 1.82) is 0 Å². The van der Waals surface area contributed by atoms with E-state index < -0.39 is 0 Å². The summed E-state index contributed by atoms with van der Waals surface area (Å²) in [7, 11) is 0. The fraction of sp³-hybridized carbons (Fsp3) is 0.0811. The average molecular weight is 528 g/mol. The molecule has 1 aliphatic carbocycles. The van der Waals surface area contributed by atoms with Crippen LogP contribution in [0.1, 0.15) is 25.0 Å². The summed E-state index contributed by atoms with van der Waals surface area (Å²) >= 11 is 0. The number of benzene rings is 5. The minimum Gasteiger partial charge on any atom is -0.437 e. The van der Waals surface area contributed by atoms with Gasteiger partial charge >= 0.3 is 0 Å². The van der Waals surface area contributed by atoms with E-state index in [0.29, 0.717) is 11.5 Å². The third-order valence-electron chi connectivity index (χ3n) is 8.84. The molecule has 4 heteroatoms. The lowest BCUT2D eigenvalue weighted by molar-refractivity contribution is 0.653.